The van der Waals surface area contributed by atoms with E-state index in [0.717, 1.165) is 27.8 Å². The van der Waals surface area contributed by atoms with Crippen LogP contribution in [0.25, 0.3) is 10.9 Å². The van der Waals surface area contributed by atoms with E-state index in [1.54, 1.807) is 14.2 Å². The molecule has 0 aliphatic rings. The second-order valence-electron chi connectivity index (χ2n) is 5.99. The summed E-state index contributed by atoms with van der Waals surface area (Å²) in [4.78, 5) is 18.1. The number of aryl methyl sites for hydroxylation is 1. The summed E-state index contributed by atoms with van der Waals surface area (Å²) < 4.78 is 10.6. The number of para-hydroxylation sites is 1. The lowest BCUT2D eigenvalue weighted by Gasteiger charge is -2.20. The van der Waals surface area contributed by atoms with Crippen molar-refractivity contribution in [3.63, 3.8) is 0 Å². The lowest BCUT2D eigenvalue weighted by atomic mass is 10.1. The summed E-state index contributed by atoms with van der Waals surface area (Å²) in [5.74, 6) is 1.38. The molecule has 3 aromatic rings. The molecule has 0 saturated heterocycles. The van der Waals surface area contributed by atoms with Gasteiger partial charge in [0.05, 0.1) is 20.8 Å². The number of carbonyl (C=O) groups is 1. The van der Waals surface area contributed by atoms with E-state index in [2.05, 4.69) is 4.98 Å². The molecule has 0 atom stereocenters. The van der Waals surface area contributed by atoms with Crippen molar-refractivity contribution in [2.75, 3.05) is 32.7 Å². The molecule has 5 heteroatoms. The molecule has 0 bridgehead atoms. The number of Topliss-reactive ketones (excluding diaryl/α,β-unsaturated/α-hetero) is 1. The Balaban J connectivity index is 1.86. The summed E-state index contributed by atoms with van der Waals surface area (Å²) in [5, 5.41) is 0.964. The molecule has 0 saturated carbocycles. The van der Waals surface area contributed by atoms with E-state index < -0.39 is 0 Å². The predicted octanol–water partition coefficient (Wildman–Crippen LogP) is 3.81. The van der Waals surface area contributed by atoms with Crippen molar-refractivity contribution < 1.29 is 14.3 Å². The fourth-order valence-electron chi connectivity index (χ4n) is 3.08. The van der Waals surface area contributed by atoms with E-state index in [1.807, 2.05) is 61.3 Å². The first-order chi connectivity index (χ1) is 12.0. The molecule has 5 nitrogen and oxygen atoms in total. The average molecular weight is 338 g/mol. The number of aromatic nitrogens is 1. The third-order valence-corrected chi connectivity index (χ3v) is 4.36. The molecule has 0 amide bonds. The van der Waals surface area contributed by atoms with Gasteiger partial charge in [-0.2, -0.15) is 0 Å². The van der Waals surface area contributed by atoms with E-state index in [-0.39, 0.29) is 12.3 Å². The molecule has 25 heavy (non-hydrogen) atoms. The zero-order valence-corrected chi connectivity index (χ0v) is 14.9. The maximum Gasteiger partial charge on any atom is 0.184 e. The number of carbonyl (C=O) groups excluding carboxylic acids is 1. The number of hydrogen-bond acceptors (Lipinski definition) is 4. The van der Waals surface area contributed by atoms with E-state index in [9.17, 15) is 4.79 Å². The summed E-state index contributed by atoms with van der Waals surface area (Å²) in [5.41, 5.74) is 3.52. The summed E-state index contributed by atoms with van der Waals surface area (Å²) in [6.07, 6.45) is 0. The van der Waals surface area contributed by atoms with Crippen molar-refractivity contribution in [2.24, 2.45) is 0 Å². The van der Waals surface area contributed by atoms with Crippen molar-refractivity contribution in [3.8, 4) is 11.5 Å². The highest BCUT2D eigenvalue weighted by Gasteiger charge is 2.18. The summed E-state index contributed by atoms with van der Waals surface area (Å²) in [6.45, 7) is 2.21. The standard InChI is InChI=1S/C20H22N2O3/c1-13-20(15-7-5-6-8-16(15)21-13)17(23)12-22(2)14-9-10-18(24-3)19(11-14)25-4/h5-11,21H,12H2,1-4H3. The molecule has 1 N–H and O–H groups in total. The van der Waals surface area contributed by atoms with E-state index in [1.165, 1.54) is 0 Å². The Kier molecular flexibility index (Phi) is 4.65. The highest BCUT2D eigenvalue weighted by atomic mass is 16.5. The number of anilines is 1. The van der Waals surface area contributed by atoms with Crippen LogP contribution in [0.15, 0.2) is 42.5 Å². The number of aromatic amines is 1. The Morgan fingerprint density at radius 2 is 1.80 bits per heavy atom. The van der Waals surface area contributed by atoms with Gasteiger partial charge in [-0.25, -0.2) is 0 Å². The number of benzene rings is 2. The van der Waals surface area contributed by atoms with Crippen LogP contribution in [0.1, 0.15) is 16.1 Å². The van der Waals surface area contributed by atoms with Crippen LogP contribution in [0.3, 0.4) is 0 Å². The fourth-order valence-corrected chi connectivity index (χ4v) is 3.08. The maximum absolute atomic E-state index is 12.9. The molecule has 0 radical (unpaired) electrons. The molecule has 0 fully saturated rings. The quantitative estimate of drug-likeness (QED) is 0.694. The van der Waals surface area contributed by atoms with Gasteiger partial charge in [0.1, 0.15) is 0 Å². The maximum atomic E-state index is 12.9. The molecule has 0 unspecified atom stereocenters. The normalized spacial score (nSPS) is 10.7. The van der Waals surface area contributed by atoms with Gasteiger partial charge in [0.2, 0.25) is 0 Å². The topological polar surface area (TPSA) is 54.6 Å². The minimum atomic E-state index is 0.0761. The number of ether oxygens (including phenoxy) is 2. The average Bonchev–Trinajstić information content (AvgIpc) is 2.96. The van der Waals surface area contributed by atoms with Crippen LogP contribution >= 0.6 is 0 Å². The van der Waals surface area contributed by atoms with Crippen LogP contribution in [0.2, 0.25) is 0 Å². The number of H-pyrrole nitrogens is 1. The Labute approximate surface area is 147 Å². The molecule has 0 aliphatic heterocycles. The minimum Gasteiger partial charge on any atom is -0.493 e. The lowest BCUT2D eigenvalue weighted by Crippen LogP contribution is -2.26. The molecule has 1 heterocycles. The summed E-state index contributed by atoms with van der Waals surface area (Å²) in [7, 11) is 5.09. The second kappa shape index (κ2) is 6.89. The molecular weight excluding hydrogens is 316 g/mol. The molecular formula is C20H22N2O3. The third kappa shape index (κ3) is 3.18. The Bertz CT molecular complexity index is 914. The third-order valence-electron chi connectivity index (χ3n) is 4.36. The van der Waals surface area contributed by atoms with Crippen molar-refractivity contribution in [3.05, 3.63) is 53.7 Å². The van der Waals surface area contributed by atoms with Gasteiger partial charge in [-0.1, -0.05) is 18.2 Å². The van der Waals surface area contributed by atoms with Crippen molar-refractivity contribution >= 4 is 22.4 Å². The van der Waals surface area contributed by atoms with Gasteiger partial charge in [-0.05, 0) is 25.1 Å². The monoisotopic (exact) mass is 338 g/mol. The van der Waals surface area contributed by atoms with Crippen molar-refractivity contribution in [1.82, 2.24) is 4.98 Å². The summed E-state index contributed by atoms with van der Waals surface area (Å²) in [6, 6.07) is 13.5. The van der Waals surface area contributed by atoms with E-state index in [4.69, 9.17) is 9.47 Å². The number of methoxy groups -OCH3 is 2. The first-order valence-corrected chi connectivity index (χ1v) is 8.08. The van der Waals surface area contributed by atoms with Gasteiger partial charge in [0.15, 0.2) is 17.3 Å². The van der Waals surface area contributed by atoms with Crippen LogP contribution in [0.5, 0.6) is 11.5 Å². The predicted molar refractivity (Wildman–Crippen MR) is 100 cm³/mol. The largest absolute Gasteiger partial charge is 0.493 e. The second-order valence-corrected chi connectivity index (χ2v) is 5.99. The SMILES string of the molecule is COc1ccc(N(C)CC(=O)c2c(C)[nH]c3ccccc23)cc1OC. The highest BCUT2D eigenvalue weighted by molar-refractivity contribution is 6.10. The number of rotatable bonds is 6. The van der Waals surface area contributed by atoms with E-state index in [0.29, 0.717) is 11.5 Å². The van der Waals surface area contributed by atoms with Crippen LogP contribution in [0.4, 0.5) is 5.69 Å². The van der Waals surface area contributed by atoms with E-state index >= 15 is 0 Å². The van der Waals surface area contributed by atoms with Gasteiger partial charge < -0.3 is 19.4 Å². The number of nitrogens with one attached hydrogen (secondary N) is 1. The zero-order chi connectivity index (χ0) is 18.0. The van der Waals surface area contributed by atoms with Gasteiger partial charge in [0.25, 0.3) is 0 Å². The van der Waals surface area contributed by atoms with Gasteiger partial charge in [-0.15, -0.1) is 0 Å². The molecule has 3 rings (SSSR count). The Morgan fingerprint density at radius 3 is 2.52 bits per heavy atom. The number of likely N-dealkylation sites (N-methyl/N-ethyl adjacent to an activating group) is 1. The summed E-state index contributed by atoms with van der Waals surface area (Å²) >= 11 is 0. The minimum absolute atomic E-state index is 0.0761. The molecule has 130 valence electrons. The number of fused-ring (bicyclic) bond motifs is 1. The first-order valence-electron chi connectivity index (χ1n) is 8.08. The van der Waals surface area contributed by atoms with Crippen LogP contribution in [-0.2, 0) is 0 Å². The lowest BCUT2D eigenvalue weighted by molar-refractivity contribution is 0.100. The fraction of sp³-hybridized carbons (Fsp3) is 0.250. The van der Waals surface area contributed by atoms with Crippen molar-refractivity contribution in [1.29, 1.82) is 0 Å². The van der Waals surface area contributed by atoms with Gasteiger partial charge in [-0.3, -0.25) is 4.79 Å². The van der Waals surface area contributed by atoms with Crippen LogP contribution in [0, 0.1) is 6.92 Å². The first kappa shape index (κ1) is 16.9. The highest BCUT2D eigenvalue weighted by Crippen LogP contribution is 2.31. The molecule has 0 aliphatic carbocycles. The van der Waals surface area contributed by atoms with Crippen LogP contribution < -0.4 is 14.4 Å². The zero-order valence-electron chi connectivity index (χ0n) is 14.9. The smallest absolute Gasteiger partial charge is 0.184 e. The Morgan fingerprint density at radius 1 is 1.08 bits per heavy atom. The van der Waals surface area contributed by atoms with Crippen LogP contribution in [-0.4, -0.2) is 38.6 Å². The molecule has 2 aromatic carbocycles. The van der Waals surface area contributed by atoms with Gasteiger partial charge >= 0.3 is 0 Å². The number of nitrogens with zero attached hydrogens (tertiary/aromatic N) is 1. The Hall–Kier alpha value is -2.95. The molecule has 1 aromatic heterocycles. The number of ketones is 1. The van der Waals surface area contributed by atoms with Gasteiger partial charge in [0, 0.05) is 41.0 Å². The van der Waals surface area contributed by atoms with Crippen molar-refractivity contribution in [2.45, 2.75) is 6.92 Å². The molecule has 0 spiro atoms. The number of hydrogen-bond donors (Lipinski definition) is 1.